The maximum absolute atomic E-state index is 11.9. The highest BCUT2D eigenvalue weighted by Crippen LogP contribution is 2.17. The van der Waals surface area contributed by atoms with Crippen LogP contribution in [0.5, 0.6) is 0 Å². The van der Waals surface area contributed by atoms with Crippen LogP contribution in [0.25, 0.3) is 6.08 Å². The summed E-state index contributed by atoms with van der Waals surface area (Å²) >= 11 is 6.00. The van der Waals surface area contributed by atoms with Gasteiger partial charge in [0.1, 0.15) is 18.8 Å². The van der Waals surface area contributed by atoms with Crippen molar-refractivity contribution in [1.29, 1.82) is 0 Å². The molecule has 1 unspecified atom stereocenters. The molecule has 2 rings (SSSR count). The molecule has 2 aromatic rings. The van der Waals surface area contributed by atoms with Gasteiger partial charge in [-0.25, -0.2) is 14.3 Å². The number of imidazole rings is 1. The van der Waals surface area contributed by atoms with E-state index in [9.17, 15) is 14.9 Å². The van der Waals surface area contributed by atoms with E-state index in [2.05, 4.69) is 4.98 Å². The summed E-state index contributed by atoms with van der Waals surface area (Å²) in [5, 5.41) is 11.5. The lowest BCUT2D eigenvalue weighted by molar-refractivity contribution is -0.392. The van der Waals surface area contributed by atoms with Gasteiger partial charge in [0.05, 0.1) is 0 Å². The Morgan fingerprint density at radius 2 is 2.21 bits per heavy atom. The largest absolute Gasteiger partial charge is 0.455 e. The smallest absolute Gasteiger partial charge is 0.342 e. The number of nitrogens with zero attached hydrogens (tertiary/aromatic N) is 3. The summed E-state index contributed by atoms with van der Waals surface area (Å²) in [6, 6.07) is 7.09. The SMILES string of the molecule is Cc1ncc([N+](=O)[O-])n1CC(C)OC(=O)/C=C/c1ccccc1Cl. The monoisotopic (exact) mass is 349 g/mol. The zero-order chi connectivity index (χ0) is 17.7. The molecule has 0 aliphatic heterocycles. The van der Waals surface area contributed by atoms with Gasteiger partial charge in [0.2, 0.25) is 0 Å². The third-order valence-corrected chi connectivity index (χ3v) is 3.63. The van der Waals surface area contributed by atoms with Crippen LogP contribution in [0.1, 0.15) is 18.3 Å². The van der Waals surface area contributed by atoms with Gasteiger partial charge in [-0.1, -0.05) is 29.8 Å². The van der Waals surface area contributed by atoms with Gasteiger partial charge in [-0.15, -0.1) is 0 Å². The second kappa shape index (κ2) is 7.74. The lowest BCUT2D eigenvalue weighted by Crippen LogP contribution is -2.21. The van der Waals surface area contributed by atoms with Crippen LogP contribution in [0.4, 0.5) is 5.82 Å². The van der Waals surface area contributed by atoms with Crippen LogP contribution in [0.15, 0.2) is 36.5 Å². The van der Waals surface area contributed by atoms with E-state index in [-0.39, 0.29) is 12.4 Å². The van der Waals surface area contributed by atoms with Crippen molar-refractivity contribution in [1.82, 2.24) is 9.55 Å². The Morgan fingerprint density at radius 3 is 2.88 bits per heavy atom. The minimum absolute atomic E-state index is 0.137. The van der Waals surface area contributed by atoms with Gasteiger partial charge in [-0.3, -0.25) is 0 Å². The minimum atomic E-state index is -0.556. The first-order valence-electron chi connectivity index (χ1n) is 7.18. The number of aromatic nitrogens is 2. The van der Waals surface area contributed by atoms with Gasteiger partial charge in [0.15, 0.2) is 5.82 Å². The Labute approximate surface area is 143 Å². The molecule has 0 bridgehead atoms. The molecule has 0 saturated heterocycles. The van der Waals surface area contributed by atoms with Crippen molar-refractivity contribution >= 4 is 29.5 Å². The van der Waals surface area contributed by atoms with Crippen LogP contribution in [0, 0.1) is 17.0 Å². The molecule has 8 heteroatoms. The summed E-state index contributed by atoms with van der Waals surface area (Å²) in [7, 11) is 0. The van der Waals surface area contributed by atoms with E-state index in [1.54, 1.807) is 44.2 Å². The summed E-state index contributed by atoms with van der Waals surface area (Å²) in [6.45, 7) is 3.46. The van der Waals surface area contributed by atoms with Gasteiger partial charge in [0, 0.05) is 18.0 Å². The Kier molecular flexibility index (Phi) is 5.70. The number of esters is 1. The number of halogens is 1. The van der Waals surface area contributed by atoms with Crippen LogP contribution in [-0.4, -0.2) is 26.5 Å². The molecule has 0 saturated carbocycles. The van der Waals surface area contributed by atoms with E-state index >= 15 is 0 Å². The highest BCUT2D eigenvalue weighted by Gasteiger charge is 2.21. The van der Waals surface area contributed by atoms with Gasteiger partial charge < -0.3 is 14.9 Å². The predicted octanol–water partition coefficient (Wildman–Crippen LogP) is 3.40. The quantitative estimate of drug-likeness (QED) is 0.345. The highest BCUT2D eigenvalue weighted by molar-refractivity contribution is 6.32. The lowest BCUT2D eigenvalue weighted by Gasteiger charge is -2.11. The maximum atomic E-state index is 11.9. The van der Waals surface area contributed by atoms with Crippen LogP contribution < -0.4 is 0 Å². The molecule has 7 nitrogen and oxygen atoms in total. The molecule has 0 aliphatic rings. The van der Waals surface area contributed by atoms with E-state index in [4.69, 9.17) is 16.3 Å². The van der Waals surface area contributed by atoms with Gasteiger partial charge in [-0.2, -0.15) is 0 Å². The van der Waals surface area contributed by atoms with Crippen LogP contribution in [0.2, 0.25) is 5.02 Å². The van der Waals surface area contributed by atoms with E-state index < -0.39 is 17.0 Å². The molecule has 0 fully saturated rings. The molecule has 1 aromatic heterocycles. The number of nitro groups is 1. The summed E-state index contributed by atoms with van der Waals surface area (Å²) in [4.78, 5) is 26.2. The molecule has 0 radical (unpaired) electrons. The highest BCUT2D eigenvalue weighted by atomic mass is 35.5. The molecule has 0 amide bonds. The van der Waals surface area contributed by atoms with Crippen molar-refractivity contribution in [2.24, 2.45) is 0 Å². The standard InChI is InChI=1S/C16H16ClN3O4/c1-11(10-19-12(2)18-9-15(19)20(22)23)24-16(21)8-7-13-5-3-4-6-14(13)17/h3-9,11H,10H2,1-2H3/b8-7+. The number of benzene rings is 1. The Balaban J connectivity index is 1.99. The van der Waals surface area contributed by atoms with E-state index in [1.165, 1.54) is 16.8 Å². The average molecular weight is 350 g/mol. The Hall–Kier alpha value is -2.67. The second-order valence-corrected chi connectivity index (χ2v) is 5.54. The average Bonchev–Trinajstić information content (AvgIpc) is 2.87. The topological polar surface area (TPSA) is 87.3 Å². The van der Waals surface area contributed by atoms with Crippen LogP contribution >= 0.6 is 11.6 Å². The summed E-state index contributed by atoms with van der Waals surface area (Å²) < 4.78 is 6.63. The summed E-state index contributed by atoms with van der Waals surface area (Å²) in [5.41, 5.74) is 0.699. The van der Waals surface area contributed by atoms with Gasteiger partial charge in [-0.05, 0) is 29.6 Å². The van der Waals surface area contributed by atoms with Crippen LogP contribution in [0.3, 0.4) is 0 Å². The van der Waals surface area contributed by atoms with Crippen molar-refractivity contribution in [3.63, 3.8) is 0 Å². The third-order valence-electron chi connectivity index (χ3n) is 3.28. The number of rotatable bonds is 6. The predicted molar refractivity (Wildman–Crippen MR) is 89.7 cm³/mol. The third kappa shape index (κ3) is 4.42. The number of carbonyl (C=O) groups is 1. The van der Waals surface area contributed by atoms with E-state index in [0.29, 0.717) is 16.4 Å². The summed E-state index contributed by atoms with van der Waals surface area (Å²) in [6.07, 6.45) is 3.45. The number of ether oxygens (including phenoxy) is 1. The molecule has 1 aromatic carbocycles. The molecule has 0 aliphatic carbocycles. The van der Waals surface area contributed by atoms with Gasteiger partial charge in [0.25, 0.3) is 0 Å². The fourth-order valence-electron chi connectivity index (χ4n) is 2.13. The van der Waals surface area contributed by atoms with Crippen molar-refractivity contribution < 1.29 is 14.5 Å². The first-order chi connectivity index (χ1) is 11.4. The first kappa shape index (κ1) is 17.7. The van der Waals surface area contributed by atoms with Crippen molar-refractivity contribution in [3.8, 4) is 0 Å². The lowest BCUT2D eigenvalue weighted by atomic mass is 10.2. The molecular weight excluding hydrogens is 334 g/mol. The Bertz CT molecular complexity index is 785. The molecule has 0 N–H and O–H groups in total. The normalized spacial score (nSPS) is 12.3. The number of hydrogen-bond acceptors (Lipinski definition) is 5. The fourth-order valence-corrected chi connectivity index (χ4v) is 2.33. The van der Waals surface area contributed by atoms with Crippen molar-refractivity contribution in [3.05, 3.63) is 63.1 Å². The Morgan fingerprint density at radius 1 is 1.50 bits per heavy atom. The maximum Gasteiger partial charge on any atom is 0.342 e. The fraction of sp³-hybridized carbons (Fsp3) is 0.250. The molecule has 0 spiro atoms. The number of aryl methyl sites for hydroxylation is 1. The number of carbonyl (C=O) groups excluding carboxylic acids is 1. The molecule has 1 heterocycles. The van der Waals surface area contributed by atoms with Crippen LogP contribution in [-0.2, 0) is 16.1 Å². The molecule has 126 valence electrons. The second-order valence-electron chi connectivity index (χ2n) is 5.13. The molecular formula is C16H16ClN3O4. The first-order valence-corrected chi connectivity index (χ1v) is 7.56. The van der Waals surface area contributed by atoms with Crippen molar-refractivity contribution in [2.75, 3.05) is 0 Å². The minimum Gasteiger partial charge on any atom is -0.455 e. The molecule has 24 heavy (non-hydrogen) atoms. The van der Waals surface area contributed by atoms with E-state index in [0.717, 1.165) is 0 Å². The zero-order valence-corrected chi connectivity index (χ0v) is 13.9. The van der Waals surface area contributed by atoms with Crippen molar-refractivity contribution in [2.45, 2.75) is 26.5 Å². The molecule has 1 atom stereocenters. The number of hydrogen-bond donors (Lipinski definition) is 0. The summed E-state index contributed by atoms with van der Waals surface area (Å²) in [5.74, 6) is -0.207. The van der Waals surface area contributed by atoms with Gasteiger partial charge >= 0.3 is 11.8 Å². The zero-order valence-electron chi connectivity index (χ0n) is 13.2. The van der Waals surface area contributed by atoms with E-state index in [1.807, 2.05) is 0 Å².